The number of nitrogens with one attached hydrogen (secondary N) is 1. The molecule has 2 aromatic carbocycles. The summed E-state index contributed by atoms with van der Waals surface area (Å²) in [5.74, 6) is 0.0933. The number of aliphatic hydroxyl groups is 1. The van der Waals surface area contributed by atoms with E-state index in [1.807, 2.05) is 6.92 Å². The summed E-state index contributed by atoms with van der Waals surface area (Å²) in [5.41, 5.74) is 0.367. The van der Waals surface area contributed by atoms with Crippen molar-refractivity contribution in [2.75, 3.05) is 44.6 Å². The predicted molar refractivity (Wildman–Crippen MR) is 178 cm³/mol. The summed E-state index contributed by atoms with van der Waals surface area (Å²) < 4.78 is 54.9. The highest BCUT2D eigenvalue weighted by Crippen LogP contribution is 2.30. The molecule has 11 heteroatoms. The predicted octanol–water partition coefficient (Wildman–Crippen LogP) is 5.93. The molecule has 1 heterocycles. The highest BCUT2D eigenvalue weighted by atomic mass is 32.2. The largest absolute Gasteiger partial charge is 0.490 e. The fraction of sp³-hybridized carbons (Fsp3) is 0.629. The van der Waals surface area contributed by atoms with E-state index in [0.717, 1.165) is 44.5 Å². The normalized spacial score (nSPS) is 23.3. The summed E-state index contributed by atoms with van der Waals surface area (Å²) in [5, 5.41) is 10.2. The molecule has 256 valence electrons. The molecule has 46 heavy (non-hydrogen) atoms. The average molecular weight is 662 g/mol. The van der Waals surface area contributed by atoms with Crippen LogP contribution in [0.2, 0.25) is 0 Å². The third kappa shape index (κ3) is 10.1. The highest BCUT2D eigenvalue weighted by molar-refractivity contribution is 7.92. The second-order valence-corrected chi connectivity index (χ2v) is 15.0. The minimum atomic E-state index is -4.05. The number of hydrogen-bond donors (Lipinski definition) is 2. The van der Waals surface area contributed by atoms with Crippen molar-refractivity contribution in [3.8, 4) is 5.75 Å². The number of halogens is 1. The molecule has 1 fully saturated rings. The van der Waals surface area contributed by atoms with Crippen LogP contribution in [0.5, 0.6) is 5.75 Å². The number of hydrogen-bond acceptors (Lipinski definition) is 7. The van der Waals surface area contributed by atoms with Crippen LogP contribution in [0.4, 0.5) is 10.1 Å². The van der Waals surface area contributed by atoms with Gasteiger partial charge in [-0.2, -0.15) is 0 Å². The van der Waals surface area contributed by atoms with Gasteiger partial charge in [0.2, 0.25) is 0 Å². The number of carbonyl (C=O) groups is 1. The first-order chi connectivity index (χ1) is 22.0. The Labute approximate surface area is 274 Å². The summed E-state index contributed by atoms with van der Waals surface area (Å²) in [6.07, 6.45) is 8.68. The summed E-state index contributed by atoms with van der Waals surface area (Å²) in [7, 11) is -1.90. The second kappa shape index (κ2) is 16.9. The molecule has 0 radical (unpaired) electrons. The molecular formula is C35H52FN3O6S. The number of carbonyl (C=O) groups excluding carboxylic acids is 1. The third-order valence-electron chi connectivity index (χ3n) is 9.21. The number of sulfonamides is 1. The second-order valence-electron chi connectivity index (χ2n) is 13.3. The number of rotatable bonds is 9. The summed E-state index contributed by atoms with van der Waals surface area (Å²) in [6, 6.07) is 8.66. The average Bonchev–Trinajstić information content (AvgIpc) is 3.03. The van der Waals surface area contributed by atoms with Crippen molar-refractivity contribution in [1.82, 2.24) is 9.80 Å². The van der Waals surface area contributed by atoms with Crippen LogP contribution in [0.15, 0.2) is 47.4 Å². The van der Waals surface area contributed by atoms with E-state index in [2.05, 4.69) is 23.6 Å². The lowest BCUT2D eigenvalue weighted by Crippen LogP contribution is -2.47. The quantitative estimate of drug-likeness (QED) is 0.343. The third-order valence-corrected chi connectivity index (χ3v) is 10.6. The number of amides is 1. The van der Waals surface area contributed by atoms with Crippen molar-refractivity contribution in [3.63, 3.8) is 0 Å². The van der Waals surface area contributed by atoms with Crippen LogP contribution in [-0.2, 0) is 14.8 Å². The minimum Gasteiger partial charge on any atom is -0.490 e. The zero-order chi connectivity index (χ0) is 33.3. The maximum absolute atomic E-state index is 14.3. The van der Waals surface area contributed by atoms with Gasteiger partial charge in [-0.1, -0.05) is 26.2 Å². The SMILES string of the molecule is C[C@@H]1CN([C@H](C)CO)C(=O)c2cc(NS(=O)(=O)c3ccc(F)cc3)ccc2O[C@@H](C)CCCCO[C@H]1CN(C)CC1CCCCC1. The van der Waals surface area contributed by atoms with E-state index in [1.54, 1.807) is 24.0 Å². The Morgan fingerprint density at radius 2 is 1.72 bits per heavy atom. The molecule has 1 saturated carbocycles. The van der Waals surface area contributed by atoms with Crippen molar-refractivity contribution in [1.29, 1.82) is 0 Å². The lowest BCUT2D eigenvalue weighted by atomic mass is 9.89. The lowest BCUT2D eigenvalue weighted by Gasteiger charge is -2.36. The first kappa shape index (κ1) is 36.1. The maximum atomic E-state index is 14.3. The Morgan fingerprint density at radius 3 is 2.41 bits per heavy atom. The van der Waals surface area contributed by atoms with Crippen molar-refractivity contribution in [2.45, 2.75) is 95.3 Å². The van der Waals surface area contributed by atoms with Crippen LogP contribution in [0.3, 0.4) is 0 Å². The minimum absolute atomic E-state index is 0.0434. The Kier molecular flexibility index (Phi) is 13.3. The van der Waals surface area contributed by atoms with Crippen molar-refractivity contribution < 1.29 is 32.2 Å². The number of ether oxygens (including phenoxy) is 2. The molecule has 4 atom stereocenters. The number of nitrogens with zero attached hydrogens (tertiary/aromatic N) is 2. The lowest BCUT2D eigenvalue weighted by molar-refractivity contribution is -0.0190. The Bertz CT molecular complexity index is 1370. The number of fused-ring (bicyclic) bond motifs is 1. The van der Waals surface area contributed by atoms with E-state index in [1.165, 1.54) is 50.3 Å². The zero-order valence-corrected chi connectivity index (χ0v) is 28.6. The number of likely N-dealkylation sites (N-methyl/N-ethyl adjacent to an activating group) is 1. The Hall–Kier alpha value is -2.73. The first-order valence-corrected chi connectivity index (χ1v) is 18.3. The molecule has 0 aromatic heterocycles. The van der Waals surface area contributed by atoms with Crippen LogP contribution in [-0.4, -0.2) is 87.4 Å². The molecule has 2 N–H and O–H groups in total. The number of anilines is 1. The van der Waals surface area contributed by atoms with Crippen LogP contribution in [0.1, 0.15) is 82.5 Å². The molecule has 2 aliphatic rings. The molecule has 0 spiro atoms. The summed E-state index contributed by atoms with van der Waals surface area (Å²) in [6.45, 7) is 8.32. The molecular weight excluding hydrogens is 609 g/mol. The smallest absolute Gasteiger partial charge is 0.261 e. The summed E-state index contributed by atoms with van der Waals surface area (Å²) in [4.78, 5) is 18.2. The Balaban J connectivity index is 1.62. The molecule has 1 aliphatic carbocycles. The highest BCUT2D eigenvalue weighted by Gasteiger charge is 2.31. The van der Waals surface area contributed by atoms with Crippen LogP contribution < -0.4 is 9.46 Å². The van der Waals surface area contributed by atoms with Gasteiger partial charge in [-0.25, -0.2) is 12.8 Å². The maximum Gasteiger partial charge on any atom is 0.261 e. The molecule has 4 rings (SSSR count). The van der Waals surface area contributed by atoms with Crippen molar-refractivity contribution in [3.05, 3.63) is 53.8 Å². The molecule has 9 nitrogen and oxygen atoms in total. The molecule has 2 aromatic rings. The molecule has 1 amide bonds. The van der Waals surface area contributed by atoms with Crippen LogP contribution >= 0.6 is 0 Å². The first-order valence-electron chi connectivity index (χ1n) is 16.8. The number of aliphatic hydroxyl groups excluding tert-OH is 1. The van der Waals surface area contributed by atoms with Gasteiger partial charge in [0, 0.05) is 37.8 Å². The topological polar surface area (TPSA) is 108 Å². The Morgan fingerprint density at radius 1 is 1.02 bits per heavy atom. The van der Waals surface area contributed by atoms with E-state index in [0.29, 0.717) is 24.8 Å². The zero-order valence-electron chi connectivity index (χ0n) is 27.8. The van der Waals surface area contributed by atoms with Crippen LogP contribution in [0.25, 0.3) is 0 Å². The van der Waals surface area contributed by atoms with E-state index in [4.69, 9.17) is 9.47 Å². The van der Waals surface area contributed by atoms with Crippen molar-refractivity contribution >= 4 is 21.6 Å². The van der Waals surface area contributed by atoms with Gasteiger partial charge in [0.25, 0.3) is 15.9 Å². The molecule has 1 aliphatic heterocycles. The van der Waals surface area contributed by atoms with Gasteiger partial charge in [-0.15, -0.1) is 0 Å². The summed E-state index contributed by atoms with van der Waals surface area (Å²) >= 11 is 0. The van der Waals surface area contributed by atoms with Gasteiger partial charge in [-0.3, -0.25) is 9.52 Å². The van der Waals surface area contributed by atoms with Gasteiger partial charge in [-0.05, 0) is 101 Å². The van der Waals surface area contributed by atoms with Crippen molar-refractivity contribution in [2.24, 2.45) is 11.8 Å². The molecule has 0 unspecified atom stereocenters. The van der Waals surface area contributed by atoms with E-state index in [-0.39, 0.29) is 46.8 Å². The van der Waals surface area contributed by atoms with Gasteiger partial charge < -0.3 is 24.4 Å². The van der Waals surface area contributed by atoms with Gasteiger partial charge >= 0.3 is 0 Å². The fourth-order valence-electron chi connectivity index (χ4n) is 6.47. The monoisotopic (exact) mass is 661 g/mol. The molecule has 0 saturated heterocycles. The van der Waals surface area contributed by atoms with E-state index < -0.39 is 21.9 Å². The van der Waals surface area contributed by atoms with E-state index >= 15 is 0 Å². The van der Waals surface area contributed by atoms with Gasteiger partial charge in [0.05, 0.1) is 35.3 Å². The number of benzene rings is 2. The standard InChI is InChI=1S/C35H52FN3O6S/c1-25-21-39(26(2)24-40)35(41)32-20-30(37-46(42,43)31-16-13-29(36)14-17-31)15-18-33(32)45-27(3)10-8-9-19-44-34(25)23-38(4)22-28-11-6-5-7-12-28/h13-18,20,25-28,34,37,40H,5-12,19,21-24H2,1-4H3/t25-,26-,27+,34+/m1/s1. The van der Waals surface area contributed by atoms with Crippen LogP contribution in [0, 0.1) is 17.7 Å². The van der Waals surface area contributed by atoms with Gasteiger partial charge in [0.1, 0.15) is 11.6 Å². The fourth-order valence-corrected chi connectivity index (χ4v) is 7.52. The molecule has 0 bridgehead atoms. The van der Waals surface area contributed by atoms with E-state index in [9.17, 15) is 22.7 Å². The van der Waals surface area contributed by atoms with Gasteiger partial charge in [0.15, 0.2) is 0 Å².